The molecule has 2 aromatic rings. The Kier molecular flexibility index (Phi) is 3.85. The van der Waals surface area contributed by atoms with Crippen molar-refractivity contribution in [2.75, 3.05) is 17.7 Å². The zero-order valence-corrected chi connectivity index (χ0v) is 12.4. The summed E-state index contributed by atoms with van der Waals surface area (Å²) in [5, 5.41) is 12.0. The first kappa shape index (κ1) is 14.0. The molecule has 0 saturated carbocycles. The Morgan fingerprint density at radius 3 is 3.05 bits per heavy atom. The first-order valence-electron chi connectivity index (χ1n) is 6.76. The average Bonchev–Trinajstić information content (AvgIpc) is 3.12. The number of nitrogens with two attached hydrogens (primary N) is 1. The number of amides is 1. The van der Waals surface area contributed by atoms with Crippen LogP contribution in [0.25, 0.3) is 10.6 Å². The molecule has 1 aromatic heterocycles. The van der Waals surface area contributed by atoms with Crippen molar-refractivity contribution in [3.05, 3.63) is 23.8 Å². The second-order valence-corrected chi connectivity index (χ2v) is 5.95. The van der Waals surface area contributed by atoms with E-state index in [-0.39, 0.29) is 12.0 Å². The van der Waals surface area contributed by atoms with Crippen molar-refractivity contribution in [1.29, 1.82) is 0 Å². The Balaban J connectivity index is 1.73. The molecule has 1 amide bonds. The van der Waals surface area contributed by atoms with E-state index in [9.17, 15) is 4.79 Å². The highest BCUT2D eigenvalue weighted by Gasteiger charge is 2.24. The van der Waals surface area contributed by atoms with Crippen LogP contribution in [0.15, 0.2) is 18.2 Å². The third-order valence-corrected chi connectivity index (χ3v) is 4.29. The number of carbonyl (C=O) groups is 1. The minimum Gasteiger partial charge on any atom is -0.398 e. The number of nitrogens with zero attached hydrogens (tertiary/aromatic N) is 2. The van der Waals surface area contributed by atoms with Crippen molar-refractivity contribution >= 4 is 28.1 Å². The SMILES string of the molecule is Cc1ccc(-c2nnc(NC(=O)C3CCCO3)s2)cc1N. The summed E-state index contributed by atoms with van der Waals surface area (Å²) in [7, 11) is 0. The van der Waals surface area contributed by atoms with Crippen LogP contribution in [0.1, 0.15) is 18.4 Å². The molecular weight excluding hydrogens is 288 g/mol. The molecule has 21 heavy (non-hydrogen) atoms. The summed E-state index contributed by atoms with van der Waals surface area (Å²) in [6.45, 7) is 2.59. The molecule has 6 nitrogen and oxygen atoms in total. The quantitative estimate of drug-likeness (QED) is 0.849. The molecule has 0 spiro atoms. The van der Waals surface area contributed by atoms with Gasteiger partial charge in [0.05, 0.1) is 0 Å². The van der Waals surface area contributed by atoms with Gasteiger partial charge < -0.3 is 10.5 Å². The average molecular weight is 304 g/mol. The number of hydrogen-bond donors (Lipinski definition) is 2. The van der Waals surface area contributed by atoms with Gasteiger partial charge in [0.25, 0.3) is 5.91 Å². The zero-order chi connectivity index (χ0) is 14.8. The van der Waals surface area contributed by atoms with Crippen molar-refractivity contribution in [1.82, 2.24) is 10.2 Å². The van der Waals surface area contributed by atoms with Gasteiger partial charge in [-0.2, -0.15) is 0 Å². The van der Waals surface area contributed by atoms with Crippen LogP contribution in [-0.2, 0) is 9.53 Å². The summed E-state index contributed by atoms with van der Waals surface area (Å²) in [5.41, 5.74) is 8.53. The second kappa shape index (κ2) is 5.79. The van der Waals surface area contributed by atoms with Crippen molar-refractivity contribution in [2.24, 2.45) is 0 Å². The van der Waals surface area contributed by atoms with E-state index in [4.69, 9.17) is 10.5 Å². The number of anilines is 2. The third kappa shape index (κ3) is 3.03. The number of ether oxygens (including phenoxy) is 1. The van der Waals surface area contributed by atoms with Gasteiger partial charge in [-0.15, -0.1) is 10.2 Å². The van der Waals surface area contributed by atoms with Crippen LogP contribution >= 0.6 is 11.3 Å². The molecule has 0 radical (unpaired) electrons. The number of nitrogen functional groups attached to an aromatic ring is 1. The molecule has 1 atom stereocenters. The molecule has 1 aromatic carbocycles. The zero-order valence-electron chi connectivity index (χ0n) is 11.6. The Bertz CT molecular complexity index is 665. The van der Waals surface area contributed by atoms with Gasteiger partial charge >= 0.3 is 0 Å². The summed E-state index contributed by atoms with van der Waals surface area (Å²) in [5.74, 6) is -0.154. The smallest absolute Gasteiger partial charge is 0.255 e. The molecule has 1 fully saturated rings. The summed E-state index contributed by atoms with van der Waals surface area (Å²) in [6, 6.07) is 5.75. The Hall–Kier alpha value is -1.99. The van der Waals surface area contributed by atoms with Crippen molar-refractivity contribution in [3.8, 4) is 10.6 Å². The highest BCUT2D eigenvalue weighted by molar-refractivity contribution is 7.18. The first-order valence-corrected chi connectivity index (χ1v) is 7.57. The maximum atomic E-state index is 11.9. The number of aryl methyl sites for hydroxylation is 1. The molecule has 1 unspecified atom stereocenters. The molecule has 1 aliphatic rings. The van der Waals surface area contributed by atoms with Gasteiger partial charge in [0, 0.05) is 17.9 Å². The fourth-order valence-electron chi connectivity index (χ4n) is 2.13. The number of rotatable bonds is 3. The lowest BCUT2D eigenvalue weighted by Gasteiger charge is -2.07. The van der Waals surface area contributed by atoms with Crippen molar-refractivity contribution < 1.29 is 9.53 Å². The fraction of sp³-hybridized carbons (Fsp3) is 0.357. The number of carbonyl (C=O) groups excluding carboxylic acids is 1. The summed E-state index contributed by atoms with van der Waals surface area (Å²) >= 11 is 1.32. The maximum Gasteiger partial charge on any atom is 0.255 e. The van der Waals surface area contributed by atoms with Crippen molar-refractivity contribution in [2.45, 2.75) is 25.9 Å². The molecule has 7 heteroatoms. The van der Waals surface area contributed by atoms with Gasteiger partial charge in [-0.1, -0.05) is 23.5 Å². The van der Waals surface area contributed by atoms with Crippen molar-refractivity contribution in [3.63, 3.8) is 0 Å². The lowest BCUT2D eigenvalue weighted by Crippen LogP contribution is -2.26. The number of hydrogen-bond acceptors (Lipinski definition) is 6. The lowest BCUT2D eigenvalue weighted by atomic mass is 10.1. The van der Waals surface area contributed by atoms with Crippen LogP contribution in [0.3, 0.4) is 0 Å². The first-order chi connectivity index (χ1) is 10.1. The van der Waals surface area contributed by atoms with Gasteiger partial charge in [0.1, 0.15) is 11.1 Å². The number of aromatic nitrogens is 2. The highest BCUT2D eigenvalue weighted by Crippen LogP contribution is 2.29. The molecule has 3 N–H and O–H groups in total. The van der Waals surface area contributed by atoms with E-state index in [2.05, 4.69) is 15.5 Å². The standard InChI is InChI=1S/C14H16N4O2S/c1-8-4-5-9(7-10(8)15)13-17-18-14(21-13)16-12(19)11-3-2-6-20-11/h4-5,7,11H,2-3,6,15H2,1H3,(H,16,18,19). The Labute approximate surface area is 126 Å². The summed E-state index contributed by atoms with van der Waals surface area (Å²) in [4.78, 5) is 11.9. The van der Waals surface area contributed by atoms with Gasteiger partial charge in [0.15, 0.2) is 0 Å². The van der Waals surface area contributed by atoms with Gasteiger partial charge in [-0.05, 0) is 31.4 Å². The van der Waals surface area contributed by atoms with E-state index in [1.807, 2.05) is 25.1 Å². The number of benzene rings is 1. The molecular formula is C14H16N4O2S. The minimum absolute atomic E-state index is 0.154. The van der Waals surface area contributed by atoms with Crippen LogP contribution in [0, 0.1) is 6.92 Å². The predicted octanol–water partition coefficient (Wildman–Crippen LogP) is 2.21. The monoisotopic (exact) mass is 304 g/mol. The normalized spacial score (nSPS) is 17.9. The molecule has 1 aliphatic heterocycles. The lowest BCUT2D eigenvalue weighted by molar-refractivity contribution is -0.124. The highest BCUT2D eigenvalue weighted by atomic mass is 32.1. The van der Waals surface area contributed by atoms with E-state index < -0.39 is 0 Å². The third-order valence-electron chi connectivity index (χ3n) is 3.40. The van der Waals surface area contributed by atoms with E-state index in [0.717, 1.165) is 29.0 Å². The van der Waals surface area contributed by atoms with Crippen LogP contribution in [0.4, 0.5) is 10.8 Å². The maximum absolute atomic E-state index is 11.9. The topological polar surface area (TPSA) is 90.1 Å². The van der Waals surface area contributed by atoms with Crippen LogP contribution in [0.2, 0.25) is 0 Å². The molecule has 110 valence electrons. The fourth-order valence-corrected chi connectivity index (χ4v) is 2.88. The van der Waals surface area contributed by atoms with E-state index in [1.54, 1.807) is 0 Å². The Morgan fingerprint density at radius 2 is 2.33 bits per heavy atom. The molecule has 0 aliphatic carbocycles. The Morgan fingerprint density at radius 1 is 1.48 bits per heavy atom. The molecule has 3 rings (SSSR count). The largest absolute Gasteiger partial charge is 0.398 e. The van der Waals surface area contributed by atoms with E-state index in [0.29, 0.717) is 17.4 Å². The summed E-state index contributed by atoms with van der Waals surface area (Å²) < 4.78 is 5.34. The van der Waals surface area contributed by atoms with Crippen LogP contribution in [0.5, 0.6) is 0 Å². The molecule has 1 saturated heterocycles. The van der Waals surface area contributed by atoms with E-state index in [1.165, 1.54) is 11.3 Å². The van der Waals surface area contributed by atoms with Crippen LogP contribution < -0.4 is 11.1 Å². The molecule has 2 heterocycles. The summed E-state index contributed by atoms with van der Waals surface area (Å²) in [6.07, 6.45) is 1.31. The van der Waals surface area contributed by atoms with Crippen LogP contribution in [-0.4, -0.2) is 28.8 Å². The van der Waals surface area contributed by atoms with Gasteiger partial charge in [-0.3, -0.25) is 10.1 Å². The van der Waals surface area contributed by atoms with Gasteiger partial charge in [-0.25, -0.2) is 0 Å². The minimum atomic E-state index is -0.368. The molecule has 0 bridgehead atoms. The predicted molar refractivity (Wildman–Crippen MR) is 82.1 cm³/mol. The second-order valence-electron chi connectivity index (χ2n) is 4.97. The van der Waals surface area contributed by atoms with Gasteiger partial charge in [0.2, 0.25) is 5.13 Å². The number of nitrogens with one attached hydrogen (secondary N) is 1. The van der Waals surface area contributed by atoms with E-state index >= 15 is 0 Å².